The molecule has 1 heterocycles. The predicted molar refractivity (Wildman–Crippen MR) is 66.4 cm³/mol. The Kier molecular flexibility index (Phi) is 3.39. The highest BCUT2D eigenvalue weighted by Crippen LogP contribution is 2.22. The first kappa shape index (κ1) is 10.7. The number of aliphatic hydroxyl groups is 1. The summed E-state index contributed by atoms with van der Waals surface area (Å²) in [4.78, 5) is 0. The number of fused-ring (bicyclic) bond motifs is 1. The molecule has 2 rings (SSSR count). The highest BCUT2D eigenvalue weighted by atomic mass is 32.1. The number of hydrogen-bond donors (Lipinski definition) is 1. The SMILES string of the molecule is CCC[C@H](O)Cc1ccc2sccc2c1. The van der Waals surface area contributed by atoms with Crippen LogP contribution in [0.25, 0.3) is 10.1 Å². The van der Waals surface area contributed by atoms with Gasteiger partial charge < -0.3 is 5.11 Å². The number of benzene rings is 1. The van der Waals surface area contributed by atoms with Gasteiger partial charge in [-0.15, -0.1) is 11.3 Å². The average Bonchev–Trinajstić information content (AvgIpc) is 2.65. The standard InChI is InChI=1S/C13H16OS/c1-2-3-12(14)9-10-4-5-13-11(8-10)6-7-15-13/h4-8,12,14H,2-3,9H2,1H3/t12-/m0/s1. The molecule has 1 N–H and O–H groups in total. The van der Waals surface area contributed by atoms with Crippen molar-refractivity contribution < 1.29 is 5.11 Å². The summed E-state index contributed by atoms with van der Waals surface area (Å²) in [5.41, 5.74) is 1.24. The largest absolute Gasteiger partial charge is 0.393 e. The van der Waals surface area contributed by atoms with E-state index in [2.05, 4.69) is 36.6 Å². The lowest BCUT2D eigenvalue weighted by Crippen LogP contribution is -2.09. The molecule has 0 bridgehead atoms. The Balaban J connectivity index is 2.14. The van der Waals surface area contributed by atoms with E-state index < -0.39 is 0 Å². The van der Waals surface area contributed by atoms with Crippen LogP contribution >= 0.6 is 11.3 Å². The van der Waals surface area contributed by atoms with Gasteiger partial charge >= 0.3 is 0 Å². The molecule has 0 aliphatic heterocycles. The predicted octanol–water partition coefficient (Wildman–Crippen LogP) is 3.60. The van der Waals surface area contributed by atoms with Crippen LogP contribution in [0.4, 0.5) is 0 Å². The average molecular weight is 220 g/mol. The van der Waals surface area contributed by atoms with Crippen molar-refractivity contribution in [3.8, 4) is 0 Å². The lowest BCUT2D eigenvalue weighted by molar-refractivity contribution is 0.164. The molecular weight excluding hydrogens is 204 g/mol. The minimum absolute atomic E-state index is 0.189. The second-order valence-electron chi connectivity index (χ2n) is 3.94. The zero-order chi connectivity index (χ0) is 10.7. The Hall–Kier alpha value is -0.860. The molecule has 0 amide bonds. The van der Waals surface area contributed by atoms with Crippen LogP contribution in [0, 0.1) is 0 Å². The molecule has 0 saturated carbocycles. The van der Waals surface area contributed by atoms with Crippen LogP contribution < -0.4 is 0 Å². The van der Waals surface area contributed by atoms with E-state index in [-0.39, 0.29) is 6.10 Å². The van der Waals surface area contributed by atoms with Crippen molar-refractivity contribution in [3.63, 3.8) is 0 Å². The Morgan fingerprint density at radius 3 is 3.00 bits per heavy atom. The zero-order valence-corrected chi connectivity index (χ0v) is 9.76. The minimum Gasteiger partial charge on any atom is -0.393 e. The van der Waals surface area contributed by atoms with Crippen LogP contribution in [-0.2, 0) is 6.42 Å². The van der Waals surface area contributed by atoms with Crippen LogP contribution in [-0.4, -0.2) is 11.2 Å². The summed E-state index contributed by atoms with van der Waals surface area (Å²) < 4.78 is 1.32. The molecule has 0 fully saturated rings. The first-order valence-corrected chi connectivity index (χ1v) is 6.31. The summed E-state index contributed by atoms with van der Waals surface area (Å²) in [5.74, 6) is 0. The quantitative estimate of drug-likeness (QED) is 0.834. The van der Waals surface area contributed by atoms with Crippen molar-refractivity contribution in [1.29, 1.82) is 0 Å². The molecule has 2 heteroatoms. The molecule has 0 aliphatic carbocycles. The molecule has 0 aliphatic rings. The summed E-state index contributed by atoms with van der Waals surface area (Å²) in [6.07, 6.45) is 2.52. The van der Waals surface area contributed by atoms with Crippen LogP contribution in [0.5, 0.6) is 0 Å². The Bertz CT molecular complexity index is 433. The van der Waals surface area contributed by atoms with E-state index in [1.807, 2.05) is 0 Å². The highest BCUT2D eigenvalue weighted by Gasteiger charge is 2.05. The van der Waals surface area contributed by atoms with Gasteiger partial charge in [0.2, 0.25) is 0 Å². The van der Waals surface area contributed by atoms with Crippen molar-refractivity contribution in [2.75, 3.05) is 0 Å². The van der Waals surface area contributed by atoms with Crippen molar-refractivity contribution in [3.05, 3.63) is 35.2 Å². The van der Waals surface area contributed by atoms with E-state index in [1.165, 1.54) is 15.6 Å². The molecule has 0 radical (unpaired) electrons. The van der Waals surface area contributed by atoms with Crippen molar-refractivity contribution in [2.45, 2.75) is 32.3 Å². The molecule has 1 atom stereocenters. The molecule has 1 aromatic carbocycles. The van der Waals surface area contributed by atoms with Gasteiger partial charge in [0.1, 0.15) is 0 Å². The maximum absolute atomic E-state index is 9.73. The molecule has 0 spiro atoms. The Morgan fingerprint density at radius 1 is 1.33 bits per heavy atom. The molecular formula is C13H16OS. The van der Waals surface area contributed by atoms with E-state index in [0.717, 1.165) is 19.3 Å². The van der Waals surface area contributed by atoms with Gasteiger partial charge in [0.15, 0.2) is 0 Å². The summed E-state index contributed by atoms with van der Waals surface area (Å²) in [6.45, 7) is 2.10. The van der Waals surface area contributed by atoms with Crippen molar-refractivity contribution >= 4 is 21.4 Å². The lowest BCUT2D eigenvalue weighted by atomic mass is 10.0. The van der Waals surface area contributed by atoms with Gasteiger partial charge in [-0.1, -0.05) is 25.5 Å². The maximum Gasteiger partial charge on any atom is 0.0580 e. The molecule has 15 heavy (non-hydrogen) atoms. The highest BCUT2D eigenvalue weighted by molar-refractivity contribution is 7.17. The van der Waals surface area contributed by atoms with Gasteiger partial charge in [-0.3, -0.25) is 0 Å². The van der Waals surface area contributed by atoms with Gasteiger partial charge in [-0.25, -0.2) is 0 Å². The topological polar surface area (TPSA) is 20.2 Å². The summed E-state index contributed by atoms with van der Waals surface area (Å²) >= 11 is 1.76. The molecule has 0 unspecified atom stereocenters. The van der Waals surface area contributed by atoms with Crippen molar-refractivity contribution in [2.24, 2.45) is 0 Å². The third-order valence-electron chi connectivity index (χ3n) is 2.61. The number of aliphatic hydroxyl groups excluding tert-OH is 1. The van der Waals surface area contributed by atoms with E-state index in [9.17, 15) is 5.11 Å². The Morgan fingerprint density at radius 2 is 2.20 bits per heavy atom. The fraction of sp³-hybridized carbons (Fsp3) is 0.385. The van der Waals surface area contributed by atoms with E-state index in [4.69, 9.17) is 0 Å². The molecule has 2 aromatic rings. The third-order valence-corrected chi connectivity index (χ3v) is 3.51. The molecule has 1 nitrogen and oxygen atoms in total. The molecule has 80 valence electrons. The monoisotopic (exact) mass is 220 g/mol. The smallest absolute Gasteiger partial charge is 0.0580 e. The summed E-state index contributed by atoms with van der Waals surface area (Å²) in [7, 11) is 0. The van der Waals surface area contributed by atoms with E-state index in [0.29, 0.717) is 0 Å². The zero-order valence-electron chi connectivity index (χ0n) is 8.94. The van der Waals surface area contributed by atoms with Gasteiger partial charge in [0.25, 0.3) is 0 Å². The van der Waals surface area contributed by atoms with Crippen LogP contribution in [0.1, 0.15) is 25.3 Å². The Labute approximate surface area is 94.4 Å². The maximum atomic E-state index is 9.73. The normalized spacial score (nSPS) is 13.2. The number of hydrogen-bond acceptors (Lipinski definition) is 2. The summed E-state index contributed by atoms with van der Waals surface area (Å²) in [6, 6.07) is 8.59. The molecule has 1 aromatic heterocycles. The molecule has 0 saturated heterocycles. The number of rotatable bonds is 4. The van der Waals surface area contributed by atoms with E-state index >= 15 is 0 Å². The third kappa shape index (κ3) is 2.58. The van der Waals surface area contributed by atoms with Gasteiger partial charge in [-0.2, -0.15) is 0 Å². The fourth-order valence-electron chi connectivity index (χ4n) is 1.85. The van der Waals surface area contributed by atoms with Gasteiger partial charge in [0.05, 0.1) is 6.10 Å². The van der Waals surface area contributed by atoms with Crippen molar-refractivity contribution in [1.82, 2.24) is 0 Å². The van der Waals surface area contributed by atoms with E-state index in [1.54, 1.807) is 11.3 Å². The second kappa shape index (κ2) is 4.77. The summed E-state index contributed by atoms with van der Waals surface area (Å²) in [5, 5.41) is 13.1. The fourth-order valence-corrected chi connectivity index (χ4v) is 2.62. The second-order valence-corrected chi connectivity index (χ2v) is 4.89. The lowest BCUT2D eigenvalue weighted by Gasteiger charge is -2.08. The van der Waals surface area contributed by atoms with Gasteiger partial charge in [-0.05, 0) is 41.3 Å². The first-order chi connectivity index (χ1) is 7.29. The first-order valence-electron chi connectivity index (χ1n) is 5.44. The number of thiophene rings is 1. The van der Waals surface area contributed by atoms with Crippen LogP contribution in [0.2, 0.25) is 0 Å². The van der Waals surface area contributed by atoms with Gasteiger partial charge in [0, 0.05) is 4.70 Å². The van der Waals surface area contributed by atoms with Crippen LogP contribution in [0.3, 0.4) is 0 Å². The van der Waals surface area contributed by atoms with Crippen LogP contribution in [0.15, 0.2) is 29.6 Å². The minimum atomic E-state index is -0.189.